The molecule has 1 saturated carbocycles. The van der Waals surface area contributed by atoms with Gasteiger partial charge in [0.2, 0.25) is 23.6 Å². The third-order valence-electron chi connectivity index (χ3n) is 9.95. The molecule has 0 radical (unpaired) electrons. The number of allylic oxidation sites excluding steroid dienone is 2. The lowest BCUT2D eigenvalue weighted by molar-refractivity contribution is -0.131. The monoisotopic (exact) mass is 654 g/mol. The topological polar surface area (TPSA) is 104 Å². The van der Waals surface area contributed by atoms with E-state index in [0.717, 1.165) is 15.6 Å². The number of anilines is 2. The first-order valence-electron chi connectivity index (χ1n) is 14.9. The van der Waals surface area contributed by atoms with Gasteiger partial charge in [-0.3, -0.25) is 24.1 Å². The number of ether oxygens (including phenoxy) is 1. The Morgan fingerprint density at radius 1 is 0.841 bits per heavy atom. The second-order valence-corrected chi connectivity index (χ2v) is 13.0. The summed E-state index contributed by atoms with van der Waals surface area (Å²) in [4.78, 5) is 59.1. The van der Waals surface area contributed by atoms with Crippen LogP contribution in [-0.4, -0.2) is 41.9 Å². The van der Waals surface area contributed by atoms with Crippen LogP contribution in [0, 0.1) is 29.1 Å². The van der Waals surface area contributed by atoms with Gasteiger partial charge in [0.25, 0.3) is 0 Å². The lowest BCUT2D eigenvalue weighted by atomic mass is 9.51. The molecule has 2 aliphatic carbocycles. The molecule has 0 bridgehead atoms. The molecular formula is C35H31BrN2O6. The predicted octanol–water partition coefficient (Wildman–Crippen LogP) is 5.26. The third-order valence-corrected chi connectivity index (χ3v) is 10.5. The molecule has 2 heterocycles. The molecule has 3 fully saturated rings. The summed E-state index contributed by atoms with van der Waals surface area (Å²) in [6.45, 7) is 1.92. The van der Waals surface area contributed by atoms with Gasteiger partial charge in [-0.25, -0.2) is 4.90 Å². The van der Waals surface area contributed by atoms with Crippen LogP contribution in [0.4, 0.5) is 11.4 Å². The number of halogens is 1. The molecule has 4 aliphatic rings. The Morgan fingerprint density at radius 3 is 2.20 bits per heavy atom. The van der Waals surface area contributed by atoms with Crippen molar-refractivity contribution in [2.24, 2.45) is 29.1 Å². The zero-order valence-electron chi connectivity index (χ0n) is 24.1. The van der Waals surface area contributed by atoms with E-state index in [1.165, 1.54) is 9.80 Å². The fourth-order valence-electron chi connectivity index (χ4n) is 7.98. The number of para-hydroxylation sites is 1. The minimum absolute atomic E-state index is 0.114. The molecule has 2 aliphatic heterocycles. The van der Waals surface area contributed by atoms with E-state index in [2.05, 4.69) is 15.9 Å². The van der Waals surface area contributed by atoms with Gasteiger partial charge in [-0.1, -0.05) is 57.9 Å². The van der Waals surface area contributed by atoms with E-state index in [0.29, 0.717) is 30.0 Å². The lowest BCUT2D eigenvalue weighted by Crippen LogP contribution is -2.48. The number of hydrogen-bond acceptors (Lipinski definition) is 6. The van der Waals surface area contributed by atoms with Crippen molar-refractivity contribution in [2.45, 2.75) is 25.7 Å². The SMILES string of the molecule is CC12C(=O)N(c3ccccc3)C(=O)C1CC1C(=CCC3C(=O)N(c4ccc(Br)cc4)C(=O)C31)C2c1ccc(OCCO)cc1. The summed E-state index contributed by atoms with van der Waals surface area (Å²) in [5.74, 6) is -3.17. The lowest BCUT2D eigenvalue weighted by Gasteiger charge is -2.49. The molecule has 9 heteroatoms. The second-order valence-electron chi connectivity index (χ2n) is 12.1. The normalized spacial score (nSPS) is 29.3. The number of nitrogens with zero attached hydrogens (tertiary/aromatic N) is 2. The van der Waals surface area contributed by atoms with Crippen LogP contribution in [0.3, 0.4) is 0 Å². The molecule has 1 N–H and O–H groups in total. The van der Waals surface area contributed by atoms with Gasteiger partial charge in [-0.2, -0.15) is 0 Å². The number of imide groups is 2. The maximum atomic E-state index is 14.4. The zero-order valence-corrected chi connectivity index (χ0v) is 25.6. The summed E-state index contributed by atoms with van der Waals surface area (Å²) in [7, 11) is 0. The van der Waals surface area contributed by atoms with E-state index >= 15 is 0 Å². The molecule has 8 nitrogen and oxygen atoms in total. The highest BCUT2D eigenvalue weighted by Crippen LogP contribution is 2.63. The smallest absolute Gasteiger partial charge is 0.241 e. The zero-order chi connectivity index (χ0) is 30.7. The fourth-order valence-corrected chi connectivity index (χ4v) is 8.25. The highest BCUT2D eigenvalue weighted by Gasteiger charge is 2.67. The van der Waals surface area contributed by atoms with Crippen LogP contribution < -0.4 is 14.5 Å². The summed E-state index contributed by atoms with van der Waals surface area (Å²) in [6, 6.07) is 23.5. The number of rotatable bonds is 6. The van der Waals surface area contributed by atoms with Crippen molar-refractivity contribution in [3.05, 3.63) is 101 Å². The first kappa shape index (κ1) is 28.7. The van der Waals surface area contributed by atoms with Crippen molar-refractivity contribution in [3.63, 3.8) is 0 Å². The molecule has 0 aromatic heterocycles. The molecular weight excluding hydrogens is 624 g/mol. The maximum absolute atomic E-state index is 14.4. The maximum Gasteiger partial charge on any atom is 0.241 e. The molecule has 3 aromatic carbocycles. The van der Waals surface area contributed by atoms with Crippen molar-refractivity contribution in [1.82, 2.24) is 0 Å². The van der Waals surface area contributed by atoms with Gasteiger partial charge >= 0.3 is 0 Å². The van der Waals surface area contributed by atoms with Crippen molar-refractivity contribution in [1.29, 1.82) is 0 Å². The van der Waals surface area contributed by atoms with Gasteiger partial charge in [0.1, 0.15) is 12.4 Å². The van der Waals surface area contributed by atoms with Gasteiger partial charge in [0.15, 0.2) is 0 Å². The molecule has 224 valence electrons. The van der Waals surface area contributed by atoms with Crippen LogP contribution >= 0.6 is 15.9 Å². The second kappa shape index (κ2) is 10.8. The molecule has 0 spiro atoms. The number of hydrogen-bond donors (Lipinski definition) is 1. The Hall–Kier alpha value is -4.08. The predicted molar refractivity (Wildman–Crippen MR) is 167 cm³/mol. The summed E-state index contributed by atoms with van der Waals surface area (Å²) in [6.07, 6.45) is 2.74. The Morgan fingerprint density at radius 2 is 1.52 bits per heavy atom. The van der Waals surface area contributed by atoms with E-state index in [4.69, 9.17) is 4.74 Å². The number of carbonyl (C=O) groups excluding carboxylic acids is 4. The largest absolute Gasteiger partial charge is 0.491 e. The molecule has 6 atom stereocenters. The van der Waals surface area contributed by atoms with Crippen LogP contribution in [0.5, 0.6) is 5.75 Å². The summed E-state index contributed by atoms with van der Waals surface area (Å²) < 4.78 is 6.43. The van der Waals surface area contributed by atoms with Crippen LogP contribution in [0.25, 0.3) is 0 Å². The number of fused-ring (bicyclic) bond motifs is 4. The van der Waals surface area contributed by atoms with E-state index in [1.807, 2.05) is 31.2 Å². The molecule has 2 saturated heterocycles. The Kier molecular flexibility index (Phi) is 7.05. The highest BCUT2D eigenvalue weighted by molar-refractivity contribution is 9.10. The summed E-state index contributed by atoms with van der Waals surface area (Å²) in [5.41, 5.74) is 1.71. The molecule has 6 unspecified atom stereocenters. The van der Waals surface area contributed by atoms with Crippen LogP contribution in [0.15, 0.2) is 95.0 Å². The van der Waals surface area contributed by atoms with E-state index in [-0.39, 0.29) is 42.8 Å². The van der Waals surface area contributed by atoms with Crippen LogP contribution in [-0.2, 0) is 19.2 Å². The van der Waals surface area contributed by atoms with Gasteiger partial charge in [-0.15, -0.1) is 0 Å². The quantitative estimate of drug-likeness (QED) is 0.287. The van der Waals surface area contributed by atoms with Crippen LogP contribution in [0.2, 0.25) is 0 Å². The van der Waals surface area contributed by atoms with Crippen molar-refractivity contribution >= 4 is 50.9 Å². The number of benzene rings is 3. The van der Waals surface area contributed by atoms with E-state index in [9.17, 15) is 24.3 Å². The van der Waals surface area contributed by atoms with Gasteiger partial charge in [0, 0.05) is 10.4 Å². The average Bonchev–Trinajstić information content (AvgIpc) is 3.40. The minimum atomic E-state index is -1.10. The Labute approximate surface area is 263 Å². The van der Waals surface area contributed by atoms with E-state index < -0.39 is 29.1 Å². The Balaban J connectivity index is 1.33. The van der Waals surface area contributed by atoms with Crippen LogP contribution in [0.1, 0.15) is 31.2 Å². The number of amides is 4. The highest BCUT2D eigenvalue weighted by atomic mass is 79.9. The van der Waals surface area contributed by atoms with Gasteiger partial charge in [0.05, 0.1) is 41.2 Å². The first-order valence-corrected chi connectivity index (χ1v) is 15.7. The van der Waals surface area contributed by atoms with Crippen molar-refractivity contribution in [3.8, 4) is 5.75 Å². The minimum Gasteiger partial charge on any atom is -0.491 e. The van der Waals surface area contributed by atoms with E-state index in [1.54, 1.807) is 60.7 Å². The number of carbonyl (C=O) groups is 4. The third kappa shape index (κ3) is 4.20. The number of aliphatic hydroxyl groups excluding tert-OH is 1. The fraction of sp³-hybridized carbons (Fsp3) is 0.314. The standard InChI is InChI=1S/C35H31BrN2O6/c1-35-28(32(41)38(34(35)43)22-5-3-2-4-6-22)19-27-25(30(35)20-7-13-24(14-8-20)44-18-17-39)15-16-26-29(27)33(42)37(31(26)40)23-11-9-21(36)10-12-23/h2-15,26-30,39H,16-19H2,1H3. The first-order chi connectivity index (χ1) is 21.3. The van der Waals surface area contributed by atoms with Gasteiger partial charge in [-0.05, 0) is 79.8 Å². The Bertz CT molecular complexity index is 1690. The van der Waals surface area contributed by atoms with Gasteiger partial charge < -0.3 is 9.84 Å². The summed E-state index contributed by atoms with van der Waals surface area (Å²) >= 11 is 3.42. The average molecular weight is 656 g/mol. The molecule has 44 heavy (non-hydrogen) atoms. The molecule has 4 amide bonds. The van der Waals surface area contributed by atoms with Crippen molar-refractivity contribution in [2.75, 3.05) is 23.0 Å². The summed E-state index contributed by atoms with van der Waals surface area (Å²) in [5, 5.41) is 9.18. The van der Waals surface area contributed by atoms with Crippen molar-refractivity contribution < 1.29 is 29.0 Å². The number of aliphatic hydroxyl groups is 1. The molecule has 7 rings (SSSR count). The molecule has 3 aromatic rings.